The van der Waals surface area contributed by atoms with Gasteiger partial charge in [0.25, 0.3) is 5.69 Å². The predicted octanol–water partition coefficient (Wildman–Crippen LogP) is 1.25. The minimum atomic E-state index is -0.556. The van der Waals surface area contributed by atoms with Gasteiger partial charge in [-0.25, -0.2) is 0 Å². The fourth-order valence-corrected chi connectivity index (χ4v) is 1.29. The number of benzene rings is 1. The standard InChI is InChI=1S/C12H13N3O3/c1-9(16)14-11-6-5-10(4-2-3-7-13)8-12(11)15(17)18/h5-6,8H,3,7,13H2,1H3,(H,14,16). The second-order valence-corrected chi connectivity index (χ2v) is 3.51. The Hall–Kier alpha value is -2.39. The van der Waals surface area contributed by atoms with Crippen LogP contribution in [0, 0.1) is 22.0 Å². The summed E-state index contributed by atoms with van der Waals surface area (Å²) in [6.07, 6.45) is 0.529. The Bertz CT molecular complexity index is 529. The maximum absolute atomic E-state index is 10.9. The molecule has 0 spiro atoms. The zero-order chi connectivity index (χ0) is 13.5. The summed E-state index contributed by atoms with van der Waals surface area (Å²) in [5, 5.41) is 13.3. The lowest BCUT2D eigenvalue weighted by atomic mass is 10.1. The lowest BCUT2D eigenvalue weighted by molar-refractivity contribution is -0.383. The molecule has 0 aliphatic rings. The maximum atomic E-state index is 10.9. The van der Waals surface area contributed by atoms with Crippen LogP contribution in [0.1, 0.15) is 18.9 Å². The highest BCUT2D eigenvalue weighted by Gasteiger charge is 2.14. The summed E-state index contributed by atoms with van der Waals surface area (Å²) in [7, 11) is 0. The molecule has 0 unspecified atom stereocenters. The lowest BCUT2D eigenvalue weighted by Gasteiger charge is -2.03. The van der Waals surface area contributed by atoms with Crippen LogP contribution in [0.5, 0.6) is 0 Å². The Kier molecular flexibility index (Phi) is 4.84. The van der Waals surface area contributed by atoms with Crippen LogP contribution in [-0.4, -0.2) is 17.4 Å². The molecule has 0 bridgehead atoms. The minimum absolute atomic E-state index is 0.164. The van der Waals surface area contributed by atoms with E-state index in [-0.39, 0.29) is 17.3 Å². The number of nitro groups is 1. The molecule has 0 fully saturated rings. The Labute approximate surface area is 104 Å². The van der Waals surface area contributed by atoms with E-state index in [1.54, 1.807) is 6.07 Å². The summed E-state index contributed by atoms with van der Waals surface area (Å²) >= 11 is 0. The molecule has 0 radical (unpaired) electrons. The van der Waals surface area contributed by atoms with Crippen molar-refractivity contribution in [2.75, 3.05) is 11.9 Å². The van der Waals surface area contributed by atoms with E-state index < -0.39 is 4.92 Å². The molecule has 0 heterocycles. The van der Waals surface area contributed by atoms with Crippen LogP contribution in [0.15, 0.2) is 18.2 Å². The van der Waals surface area contributed by atoms with Gasteiger partial charge in [-0.1, -0.05) is 11.8 Å². The number of nitrogens with two attached hydrogens (primary N) is 1. The fraction of sp³-hybridized carbons (Fsp3) is 0.250. The summed E-state index contributed by atoms with van der Waals surface area (Å²) in [6.45, 7) is 1.73. The summed E-state index contributed by atoms with van der Waals surface area (Å²) in [5.41, 5.74) is 5.80. The van der Waals surface area contributed by atoms with Gasteiger partial charge in [0.05, 0.1) is 4.92 Å². The molecular weight excluding hydrogens is 234 g/mol. The van der Waals surface area contributed by atoms with Crippen molar-refractivity contribution < 1.29 is 9.72 Å². The Morgan fingerprint density at radius 3 is 2.83 bits per heavy atom. The smallest absolute Gasteiger partial charge is 0.293 e. The number of nitrogens with zero attached hydrogens (tertiary/aromatic N) is 1. The number of nitro benzene ring substituents is 1. The molecule has 0 aliphatic carbocycles. The second-order valence-electron chi connectivity index (χ2n) is 3.51. The van der Waals surface area contributed by atoms with E-state index in [9.17, 15) is 14.9 Å². The van der Waals surface area contributed by atoms with Gasteiger partial charge in [0.2, 0.25) is 5.91 Å². The monoisotopic (exact) mass is 247 g/mol. The molecule has 94 valence electrons. The van der Waals surface area contributed by atoms with Crippen molar-refractivity contribution in [2.24, 2.45) is 5.73 Å². The normalized spacial score (nSPS) is 9.22. The average molecular weight is 247 g/mol. The van der Waals surface area contributed by atoms with Crippen LogP contribution < -0.4 is 11.1 Å². The number of hydrogen-bond donors (Lipinski definition) is 2. The number of nitrogens with one attached hydrogen (secondary N) is 1. The largest absolute Gasteiger partial charge is 0.330 e. The minimum Gasteiger partial charge on any atom is -0.330 e. The van der Waals surface area contributed by atoms with E-state index in [4.69, 9.17) is 5.73 Å². The zero-order valence-electron chi connectivity index (χ0n) is 9.90. The molecule has 0 aromatic heterocycles. The first-order valence-electron chi connectivity index (χ1n) is 5.29. The lowest BCUT2D eigenvalue weighted by Crippen LogP contribution is -2.08. The van der Waals surface area contributed by atoms with Crippen molar-refractivity contribution in [3.8, 4) is 11.8 Å². The van der Waals surface area contributed by atoms with Crippen molar-refractivity contribution in [1.29, 1.82) is 0 Å². The van der Waals surface area contributed by atoms with Gasteiger partial charge in [-0.2, -0.15) is 0 Å². The summed E-state index contributed by atoms with van der Waals surface area (Å²) < 4.78 is 0. The average Bonchev–Trinajstić information content (AvgIpc) is 2.30. The molecular formula is C12H13N3O3. The van der Waals surface area contributed by atoms with Gasteiger partial charge in [-0.3, -0.25) is 14.9 Å². The number of hydrogen-bond acceptors (Lipinski definition) is 4. The van der Waals surface area contributed by atoms with Crippen LogP contribution in [0.3, 0.4) is 0 Å². The summed E-state index contributed by atoms with van der Waals surface area (Å²) in [4.78, 5) is 21.2. The maximum Gasteiger partial charge on any atom is 0.293 e. The molecule has 1 aromatic rings. The van der Waals surface area contributed by atoms with E-state index >= 15 is 0 Å². The van der Waals surface area contributed by atoms with E-state index in [1.807, 2.05) is 0 Å². The first-order chi connectivity index (χ1) is 8.54. The van der Waals surface area contributed by atoms with Crippen LogP contribution >= 0.6 is 0 Å². The number of amides is 1. The number of anilines is 1. The molecule has 3 N–H and O–H groups in total. The molecule has 1 aromatic carbocycles. The molecule has 0 saturated heterocycles. The van der Waals surface area contributed by atoms with Crippen molar-refractivity contribution >= 4 is 17.3 Å². The van der Waals surface area contributed by atoms with Crippen molar-refractivity contribution in [3.05, 3.63) is 33.9 Å². The van der Waals surface area contributed by atoms with E-state index in [2.05, 4.69) is 17.2 Å². The first-order valence-corrected chi connectivity index (χ1v) is 5.29. The van der Waals surface area contributed by atoms with Gasteiger partial charge in [-0.05, 0) is 12.1 Å². The van der Waals surface area contributed by atoms with E-state index in [1.165, 1.54) is 19.1 Å². The van der Waals surface area contributed by atoms with Crippen LogP contribution in [-0.2, 0) is 4.79 Å². The third-order valence-corrected chi connectivity index (χ3v) is 2.01. The predicted molar refractivity (Wildman–Crippen MR) is 67.9 cm³/mol. The Morgan fingerprint density at radius 2 is 2.28 bits per heavy atom. The van der Waals surface area contributed by atoms with Gasteiger partial charge in [0.15, 0.2) is 0 Å². The van der Waals surface area contributed by atoms with Crippen molar-refractivity contribution in [2.45, 2.75) is 13.3 Å². The topological polar surface area (TPSA) is 98.3 Å². The summed E-state index contributed by atoms with van der Waals surface area (Å²) in [6, 6.07) is 4.41. The number of carbonyl (C=O) groups excluding carboxylic acids is 1. The number of carbonyl (C=O) groups is 1. The molecule has 6 heteroatoms. The molecule has 18 heavy (non-hydrogen) atoms. The summed E-state index contributed by atoms with van der Waals surface area (Å²) in [5.74, 6) is 5.21. The van der Waals surface area contributed by atoms with Gasteiger partial charge in [0, 0.05) is 31.5 Å². The van der Waals surface area contributed by atoms with Crippen LogP contribution in [0.4, 0.5) is 11.4 Å². The third kappa shape index (κ3) is 3.88. The molecule has 1 rings (SSSR count). The third-order valence-electron chi connectivity index (χ3n) is 2.01. The molecule has 0 aliphatic heterocycles. The van der Waals surface area contributed by atoms with Crippen molar-refractivity contribution in [3.63, 3.8) is 0 Å². The molecule has 0 saturated carbocycles. The van der Waals surface area contributed by atoms with Gasteiger partial charge in [-0.15, -0.1) is 0 Å². The second kappa shape index (κ2) is 6.37. The van der Waals surface area contributed by atoms with Crippen molar-refractivity contribution in [1.82, 2.24) is 0 Å². The van der Waals surface area contributed by atoms with Gasteiger partial charge in [0.1, 0.15) is 5.69 Å². The molecule has 6 nitrogen and oxygen atoms in total. The molecule has 1 amide bonds. The van der Waals surface area contributed by atoms with Gasteiger partial charge >= 0.3 is 0 Å². The van der Waals surface area contributed by atoms with Crippen LogP contribution in [0.2, 0.25) is 0 Å². The zero-order valence-corrected chi connectivity index (χ0v) is 9.90. The fourth-order valence-electron chi connectivity index (χ4n) is 1.29. The SMILES string of the molecule is CC(=O)Nc1ccc(C#CCCN)cc1[N+](=O)[O-]. The highest BCUT2D eigenvalue weighted by molar-refractivity contribution is 5.91. The van der Waals surface area contributed by atoms with Crippen LogP contribution in [0.25, 0.3) is 0 Å². The Balaban J connectivity index is 3.08. The number of rotatable bonds is 3. The van der Waals surface area contributed by atoms with E-state index in [0.717, 1.165) is 0 Å². The first kappa shape index (κ1) is 13.7. The quantitative estimate of drug-likeness (QED) is 0.477. The highest BCUT2D eigenvalue weighted by Crippen LogP contribution is 2.25. The Morgan fingerprint density at radius 1 is 1.56 bits per heavy atom. The molecule has 0 atom stereocenters. The van der Waals surface area contributed by atoms with E-state index in [0.29, 0.717) is 18.5 Å². The van der Waals surface area contributed by atoms with Gasteiger partial charge < -0.3 is 11.1 Å². The highest BCUT2D eigenvalue weighted by atomic mass is 16.6.